The SMILES string of the molecule is CNc1cncc(NC(C)c2ncc(C)o2)c1. The predicted octanol–water partition coefficient (Wildman–Crippen LogP) is 2.59. The Bertz CT molecular complexity index is 495. The molecule has 0 spiro atoms. The number of nitrogens with one attached hydrogen (secondary N) is 2. The molecule has 17 heavy (non-hydrogen) atoms. The lowest BCUT2D eigenvalue weighted by atomic mass is 10.3. The number of oxazole rings is 1. The molecule has 1 unspecified atom stereocenters. The summed E-state index contributed by atoms with van der Waals surface area (Å²) >= 11 is 0. The zero-order valence-electron chi connectivity index (χ0n) is 10.2. The molecule has 0 fully saturated rings. The molecular formula is C12H16N4O. The van der Waals surface area contributed by atoms with Gasteiger partial charge in [0.2, 0.25) is 5.89 Å². The minimum absolute atomic E-state index is 0.0117. The average Bonchev–Trinajstić information content (AvgIpc) is 2.76. The Labute approximate surface area is 100 Å². The van der Waals surface area contributed by atoms with Gasteiger partial charge >= 0.3 is 0 Å². The van der Waals surface area contributed by atoms with Crippen LogP contribution >= 0.6 is 0 Å². The smallest absolute Gasteiger partial charge is 0.216 e. The van der Waals surface area contributed by atoms with E-state index >= 15 is 0 Å². The maximum Gasteiger partial charge on any atom is 0.216 e. The van der Waals surface area contributed by atoms with Crippen LogP contribution in [0.2, 0.25) is 0 Å². The molecule has 5 heteroatoms. The third kappa shape index (κ3) is 2.75. The van der Waals surface area contributed by atoms with Gasteiger partial charge in [-0.2, -0.15) is 0 Å². The molecule has 0 amide bonds. The van der Waals surface area contributed by atoms with Crippen molar-refractivity contribution in [3.05, 3.63) is 36.3 Å². The van der Waals surface area contributed by atoms with Crippen LogP contribution < -0.4 is 10.6 Å². The molecule has 0 aliphatic rings. The fourth-order valence-corrected chi connectivity index (χ4v) is 1.54. The molecule has 2 aromatic heterocycles. The molecule has 1 atom stereocenters. The minimum atomic E-state index is 0.0117. The van der Waals surface area contributed by atoms with Crippen molar-refractivity contribution in [3.8, 4) is 0 Å². The highest BCUT2D eigenvalue weighted by atomic mass is 16.4. The molecule has 0 aliphatic heterocycles. The quantitative estimate of drug-likeness (QED) is 0.848. The second-order valence-corrected chi connectivity index (χ2v) is 3.89. The largest absolute Gasteiger partial charge is 0.444 e. The van der Waals surface area contributed by atoms with Gasteiger partial charge in [-0.25, -0.2) is 4.98 Å². The molecule has 0 saturated carbocycles. The van der Waals surface area contributed by atoms with E-state index in [0.717, 1.165) is 17.1 Å². The topological polar surface area (TPSA) is 63.0 Å². The van der Waals surface area contributed by atoms with Crippen molar-refractivity contribution in [1.29, 1.82) is 0 Å². The van der Waals surface area contributed by atoms with Crippen LogP contribution in [0.25, 0.3) is 0 Å². The molecular weight excluding hydrogens is 216 g/mol. The maximum absolute atomic E-state index is 5.46. The highest BCUT2D eigenvalue weighted by Crippen LogP contribution is 2.20. The maximum atomic E-state index is 5.46. The number of hydrogen-bond acceptors (Lipinski definition) is 5. The van der Waals surface area contributed by atoms with Crippen LogP contribution in [0, 0.1) is 6.92 Å². The molecule has 0 bridgehead atoms. The third-order valence-electron chi connectivity index (χ3n) is 2.42. The fraction of sp³-hybridized carbons (Fsp3) is 0.333. The summed E-state index contributed by atoms with van der Waals surface area (Å²) in [5.41, 5.74) is 1.89. The summed E-state index contributed by atoms with van der Waals surface area (Å²) in [5, 5.41) is 6.33. The van der Waals surface area contributed by atoms with Gasteiger partial charge in [-0.3, -0.25) is 4.98 Å². The molecule has 2 N–H and O–H groups in total. The van der Waals surface area contributed by atoms with Gasteiger partial charge in [0, 0.05) is 7.05 Å². The number of aromatic nitrogens is 2. The molecule has 0 saturated heterocycles. The number of aryl methyl sites for hydroxylation is 1. The van der Waals surface area contributed by atoms with Crippen molar-refractivity contribution in [1.82, 2.24) is 9.97 Å². The van der Waals surface area contributed by atoms with Crippen molar-refractivity contribution in [2.75, 3.05) is 17.7 Å². The van der Waals surface area contributed by atoms with Crippen LogP contribution in [0.5, 0.6) is 0 Å². The first-order valence-electron chi connectivity index (χ1n) is 5.50. The van der Waals surface area contributed by atoms with Crippen molar-refractivity contribution >= 4 is 11.4 Å². The first-order chi connectivity index (χ1) is 8.19. The van der Waals surface area contributed by atoms with Crippen molar-refractivity contribution in [2.45, 2.75) is 19.9 Å². The Kier molecular flexibility index (Phi) is 3.27. The highest BCUT2D eigenvalue weighted by molar-refractivity contribution is 5.54. The number of rotatable bonds is 4. The van der Waals surface area contributed by atoms with E-state index in [9.17, 15) is 0 Å². The van der Waals surface area contributed by atoms with E-state index in [0.29, 0.717) is 5.89 Å². The molecule has 2 aromatic rings. The van der Waals surface area contributed by atoms with E-state index in [1.807, 2.05) is 27.0 Å². The Morgan fingerprint density at radius 1 is 1.24 bits per heavy atom. The van der Waals surface area contributed by atoms with E-state index in [4.69, 9.17) is 4.42 Å². The van der Waals surface area contributed by atoms with Gasteiger partial charge in [0.05, 0.1) is 30.0 Å². The Morgan fingerprint density at radius 3 is 2.65 bits per heavy atom. The Balaban J connectivity index is 2.09. The monoisotopic (exact) mass is 232 g/mol. The normalized spacial score (nSPS) is 12.2. The third-order valence-corrected chi connectivity index (χ3v) is 2.42. The summed E-state index contributed by atoms with van der Waals surface area (Å²) in [6, 6.07) is 2.00. The second-order valence-electron chi connectivity index (χ2n) is 3.89. The zero-order chi connectivity index (χ0) is 12.3. The second kappa shape index (κ2) is 4.86. The fourth-order valence-electron chi connectivity index (χ4n) is 1.54. The summed E-state index contributed by atoms with van der Waals surface area (Å²) in [6.45, 7) is 3.88. The number of pyridine rings is 1. The van der Waals surface area contributed by atoms with Crippen LogP contribution in [0.1, 0.15) is 24.6 Å². The summed E-state index contributed by atoms with van der Waals surface area (Å²) in [4.78, 5) is 8.32. The first-order valence-corrected chi connectivity index (χ1v) is 5.50. The Morgan fingerprint density at radius 2 is 2.00 bits per heavy atom. The van der Waals surface area contributed by atoms with E-state index in [1.165, 1.54) is 0 Å². The van der Waals surface area contributed by atoms with Gasteiger partial charge < -0.3 is 15.1 Å². The predicted molar refractivity (Wildman–Crippen MR) is 67.1 cm³/mol. The summed E-state index contributed by atoms with van der Waals surface area (Å²) in [6.07, 6.45) is 5.26. The lowest BCUT2D eigenvalue weighted by Crippen LogP contribution is -2.07. The molecule has 0 aliphatic carbocycles. The Hall–Kier alpha value is -2.04. The highest BCUT2D eigenvalue weighted by Gasteiger charge is 2.11. The van der Waals surface area contributed by atoms with E-state index in [1.54, 1.807) is 18.6 Å². The molecule has 0 radical (unpaired) electrons. The van der Waals surface area contributed by atoms with E-state index in [-0.39, 0.29) is 6.04 Å². The van der Waals surface area contributed by atoms with Crippen LogP contribution in [-0.4, -0.2) is 17.0 Å². The minimum Gasteiger partial charge on any atom is -0.444 e. The molecule has 90 valence electrons. The van der Waals surface area contributed by atoms with Gasteiger partial charge in [0.1, 0.15) is 11.8 Å². The number of nitrogens with zero attached hydrogens (tertiary/aromatic N) is 2. The van der Waals surface area contributed by atoms with E-state index < -0.39 is 0 Å². The summed E-state index contributed by atoms with van der Waals surface area (Å²) < 4.78 is 5.46. The van der Waals surface area contributed by atoms with Gasteiger partial charge in [-0.1, -0.05) is 0 Å². The molecule has 0 aromatic carbocycles. The number of anilines is 2. The van der Waals surface area contributed by atoms with Crippen molar-refractivity contribution < 1.29 is 4.42 Å². The average molecular weight is 232 g/mol. The molecule has 5 nitrogen and oxygen atoms in total. The number of hydrogen-bond donors (Lipinski definition) is 2. The lowest BCUT2D eigenvalue weighted by molar-refractivity contribution is 0.453. The summed E-state index contributed by atoms with van der Waals surface area (Å²) in [5.74, 6) is 1.49. The van der Waals surface area contributed by atoms with Crippen LogP contribution in [0.4, 0.5) is 11.4 Å². The van der Waals surface area contributed by atoms with Gasteiger partial charge in [-0.15, -0.1) is 0 Å². The standard InChI is InChI=1S/C12H16N4O/c1-8-5-15-12(17-8)9(2)16-11-4-10(13-3)6-14-7-11/h4-7,9,13,16H,1-3H3. The van der Waals surface area contributed by atoms with Gasteiger partial charge in [0.15, 0.2) is 0 Å². The molecule has 2 rings (SSSR count). The van der Waals surface area contributed by atoms with Gasteiger partial charge in [0.25, 0.3) is 0 Å². The first kappa shape index (κ1) is 11.4. The van der Waals surface area contributed by atoms with Crippen LogP contribution in [-0.2, 0) is 0 Å². The van der Waals surface area contributed by atoms with Crippen molar-refractivity contribution in [3.63, 3.8) is 0 Å². The van der Waals surface area contributed by atoms with Gasteiger partial charge in [-0.05, 0) is 19.9 Å². The van der Waals surface area contributed by atoms with Crippen LogP contribution in [0.15, 0.2) is 29.1 Å². The lowest BCUT2D eigenvalue weighted by Gasteiger charge is -2.12. The van der Waals surface area contributed by atoms with Crippen LogP contribution in [0.3, 0.4) is 0 Å². The van der Waals surface area contributed by atoms with Crippen molar-refractivity contribution in [2.24, 2.45) is 0 Å². The van der Waals surface area contributed by atoms with E-state index in [2.05, 4.69) is 20.6 Å². The zero-order valence-corrected chi connectivity index (χ0v) is 10.2. The molecule has 2 heterocycles. The summed E-state index contributed by atoms with van der Waals surface area (Å²) in [7, 11) is 1.86.